The van der Waals surface area contributed by atoms with E-state index in [0.717, 1.165) is 6.54 Å². The van der Waals surface area contributed by atoms with Gasteiger partial charge in [0.05, 0.1) is 0 Å². The Morgan fingerprint density at radius 3 is 2.47 bits per heavy atom. The highest BCUT2D eigenvalue weighted by Gasteiger charge is 2.42. The van der Waals surface area contributed by atoms with Crippen LogP contribution in [-0.4, -0.2) is 35.6 Å². The fourth-order valence-electron chi connectivity index (χ4n) is 3.55. The largest absolute Gasteiger partial charge is 0.308 e. The number of nitrogens with one attached hydrogen (secondary N) is 1. The molecule has 1 N–H and O–H groups in total. The summed E-state index contributed by atoms with van der Waals surface area (Å²) in [5, 5.41) is 3.86. The van der Waals surface area contributed by atoms with E-state index in [9.17, 15) is 0 Å². The Labute approximate surface area is 106 Å². The molecule has 1 saturated heterocycles. The molecule has 98 valence electrons. The number of rotatable bonds is 3. The summed E-state index contributed by atoms with van der Waals surface area (Å²) < 4.78 is 0. The third kappa shape index (κ3) is 2.58. The molecule has 2 heteroatoms. The van der Waals surface area contributed by atoms with Gasteiger partial charge in [0.15, 0.2) is 0 Å². The molecule has 2 aliphatic rings. The molecule has 0 aromatic rings. The average molecular weight is 236 g/mol. The maximum absolute atomic E-state index is 3.98. The molecule has 0 bridgehead atoms. The van der Waals surface area contributed by atoms with Crippen molar-refractivity contribution in [2.75, 3.05) is 13.1 Å². The second-order valence-corrected chi connectivity index (χ2v) is 6.33. The Balaban J connectivity index is 2.12. The SMILES string of the molecule is C=CC(C)N1CC2(CCCC2)NCC1C(C)C. The Bertz CT molecular complexity index is 266. The van der Waals surface area contributed by atoms with Gasteiger partial charge in [-0.1, -0.05) is 32.8 Å². The molecular weight excluding hydrogens is 208 g/mol. The van der Waals surface area contributed by atoms with E-state index in [1.54, 1.807) is 0 Å². The lowest BCUT2D eigenvalue weighted by Crippen LogP contribution is -2.65. The van der Waals surface area contributed by atoms with Crippen LogP contribution in [-0.2, 0) is 0 Å². The van der Waals surface area contributed by atoms with Crippen LogP contribution in [0.25, 0.3) is 0 Å². The Morgan fingerprint density at radius 1 is 1.29 bits per heavy atom. The molecule has 0 radical (unpaired) electrons. The van der Waals surface area contributed by atoms with Crippen molar-refractivity contribution in [1.82, 2.24) is 10.2 Å². The van der Waals surface area contributed by atoms with Crippen molar-refractivity contribution < 1.29 is 0 Å². The molecule has 2 rings (SSSR count). The zero-order chi connectivity index (χ0) is 12.5. The second-order valence-electron chi connectivity index (χ2n) is 6.33. The van der Waals surface area contributed by atoms with E-state index in [0.29, 0.717) is 23.5 Å². The zero-order valence-electron chi connectivity index (χ0n) is 11.7. The quantitative estimate of drug-likeness (QED) is 0.758. The summed E-state index contributed by atoms with van der Waals surface area (Å²) >= 11 is 0. The molecule has 1 heterocycles. The molecule has 1 aliphatic heterocycles. The van der Waals surface area contributed by atoms with Gasteiger partial charge >= 0.3 is 0 Å². The lowest BCUT2D eigenvalue weighted by Gasteiger charge is -2.49. The van der Waals surface area contributed by atoms with Crippen LogP contribution in [0.15, 0.2) is 12.7 Å². The standard InChI is InChI=1S/C15H28N2/c1-5-13(4)17-11-15(8-6-7-9-15)16-10-14(17)12(2)3/h5,12-14,16H,1,6-11H2,2-4H3. The molecule has 0 aromatic carbocycles. The topological polar surface area (TPSA) is 15.3 Å². The van der Waals surface area contributed by atoms with Gasteiger partial charge in [-0.15, -0.1) is 6.58 Å². The van der Waals surface area contributed by atoms with Crippen molar-refractivity contribution in [3.05, 3.63) is 12.7 Å². The van der Waals surface area contributed by atoms with Crippen molar-refractivity contribution in [2.24, 2.45) is 5.92 Å². The smallest absolute Gasteiger partial charge is 0.0309 e. The lowest BCUT2D eigenvalue weighted by atomic mass is 9.88. The number of piperazine rings is 1. The molecular formula is C15H28N2. The van der Waals surface area contributed by atoms with Crippen molar-refractivity contribution in [2.45, 2.75) is 64.1 Å². The van der Waals surface area contributed by atoms with Crippen molar-refractivity contribution >= 4 is 0 Å². The summed E-state index contributed by atoms with van der Waals surface area (Å²) in [6.45, 7) is 13.3. The molecule has 1 saturated carbocycles. The lowest BCUT2D eigenvalue weighted by molar-refractivity contribution is 0.0413. The zero-order valence-corrected chi connectivity index (χ0v) is 11.7. The van der Waals surface area contributed by atoms with Crippen molar-refractivity contribution in [1.29, 1.82) is 0 Å². The van der Waals surface area contributed by atoms with E-state index in [2.05, 4.69) is 43.6 Å². The van der Waals surface area contributed by atoms with Crippen LogP contribution >= 0.6 is 0 Å². The van der Waals surface area contributed by atoms with E-state index in [1.165, 1.54) is 32.2 Å². The first kappa shape index (κ1) is 13.1. The van der Waals surface area contributed by atoms with E-state index in [4.69, 9.17) is 0 Å². The van der Waals surface area contributed by atoms with Gasteiger partial charge in [-0.3, -0.25) is 4.90 Å². The fourth-order valence-corrected chi connectivity index (χ4v) is 3.55. The van der Waals surface area contributed by atoms with Gasteiger partial charge in [0.1, 0.15) is 0 Å². The Kier molecular flexibility index (Phi) is 3.94. The minimum atomic E-state index is 0.419. The Morgan fingerprint density at radius 2 is 1.94 bits per heavy atom. The second kappa shape index (κ2) is 5.11. The van der Waals surface area contributed by atoms with Crippen LogP contribution in [0, 0.1) is 5.92 Å². The highest BCUT2D eigenvalue weighted by atomic mass is 15.3. The van der Waals surface area contributed by atoms with Crippen LogP contribution in [0.5, 0.6) is 0 Å². The van der Waals surface area contributed by atoms with E-state index < -0.39 is 0 Å². The van der Waals surface area contributed by atoms with Crippen LogP contribution in [0.4, 0.5) is 0 Å². The first-order chi connectivity index (χ1) is 8.08. The Hall–Kier alpha value is -0.340. The predicted octanol–water partition coefficient (Wildman–Crippen LogP) is 2.80. The normalized spacial score (nSPS) is 30.9. The molecule has 1 aliphatic carbocycles. The van der Waals surface area contributed by atoms with Crippen LogP contribution in [0.3, 0.4) is 0 Å². The van der Waals surface area contributed by atoms with Gasteiger partial charge in [-0.05, 0) is 25.7 Å². The molecule has 2 nitrogen and oxygen atoms in total. The van der Waals surface area contributed by atoms with Crippen LogP contribution in [0.2, 0.25) is 0 Å². The van der Waals surface area contributed by atoms with Gasteiger partial charge in [0.25, 0.3) is 0 Å². The molecule has 0 aromatic heterocycles. The minimum Gasteiger partial charge on any atom is -0.308 e. The number of hydrogen-bond donors (Lipinski definition) is 1. The summed E-state index contributed by atoms with van der Waals surface area (Å²) in [5.74, 6) is 0.712. The molecule has 2 unspecified atom stereocenters. The summed E-state index contributed by atoms with van der Waals surface area (Å²) in [7, 11) is 0. The molecule has 2 fully saturated rings. The highest BCUT2D eigenvalue weighted by Crippen LogP contribution is 2.35. The minimum absolute atomic E-state index is 0.419. The van der Waals surface area contributed by atoms with Gasteiger partial charge in [-0.2, -0.15) is 0 Å². The maximum Gasteiger partial charge on any atom is 0.0309 e. The van der Waals surface area contributed by atoms with Crippen LogP contribution < -0.4 is 5.32 Å². The number of hydrogen-bond acceptors (Lipinski definition) is 2. The van der Waals surface area contributed by atoms with E-state index >= 15 is 0 Å². The molecule has 17 heavy (non-hydrogen) atoms. The summed E-state index contributed by atoms with van der Waals surface area (Å²) in [4.78, 5) is 2.68. The maximum atomic E-state index is 3.98. The third-order valence-electron chi connectivity index (χ3n) is 4.79. The third-order valence-corrected chi connectivity index (χ3v) is 4.79. The summed E-state index contributed by atoms with van der Waals surface area (Å²) in [6, 6.07) is 1.16. The first-order valence-electron chi connectivity index (χ1n) is 7.21. The highest BCUT2D eigenvalue weighted by molar-refractivity contribution is 5.04. The fraction of sp³-hybridized carbons (Fsp3) is 0.867. The van der Waals surface area contributed by atoms with Crippen LogP contribution in [0.1, 0.15) is 46.5 Å². The van der Waals surface area contributed by atoms with Gasteiger partial charge in [0.2, 0.25) is 0 Å². The first-order valence-corrected chi connectivity index (χ1v) is 7.21. The molecule has 2 atom stereocenters. The van der Waals surface area contributed by atoms with E-state index in [1.807, 2.05) is 0 Å². The van der Waals surface area contributed by atoms with Gasteiger partial charge < -0.3 is 5.32 Å². The molecule has 0 amide bonds. The summed E-state index contributed by atoms with van der Waals surface area (Å²) in [6.07, 6.45) is 7.62. The predicted molar refractivity (Wildman–Crippen MR) is 74.2 cm³/mol. The monoisotopic (exact) mass is 236 g/mol. The van der Waals surface area contributed by atoms with Gasteiger partial charge in [0, 0.05) is 30.7 Å². The molecule has 1 spiro atoms. The number of nitrogens with zero attached hydrogens (tertiary/aromatic N) is 1. The van der Waals surface area contributed by atoms with Crippen molar-refractivity contribution in [3.63, 3.8) is 0 Å². The summed E-state index contributed by atoms with van der Waals surface area (Å²) in [5.41, 5.74) is 0.419. The van der Waals surface area contributed by atoms with E-state index in [-0.39, 0.29) is 0 Å². The average Bonchev–Trinajstić information content (AvgIpc) is 2.76. The van der Waals surface area contributed by atoms with Gasteiger partial charge in [-0.25, -0.2) is 0 Å². The van der Waals surface area contributed by atoms with Crippen molar-refractivity contribution in [3.8, 4) is 0 Å².